The molecular weight excluding hydrogens is 392 g/mol. The second-order valence-corrected chi connectivity index (χ2v) is 9.95. The first kappa shape index (κ1) is 20.0. The maximum Gasteiger partial charge on any atom is 0.350 e. The van der Waals surface area contributed by atoms with Gasteiger partial charge in [-0.15, -0.1) is 5.10 Å². The number of amides is 1. The molecule has 1 N–H and O–H groups in total. The van der Waals surface area contributed by atoms with Crippen LogP contribution in [0.15, 0.2) is 35.1 Å². The monoisotopic (exact) mass is 420 g/mol. The molecule has 2 fully saturated rings. The van der Waals surface area contributed by atoms with Crippen molar-refractivity contribution in [2.24, 2.45) is 16.2 Å². The summed E-state index contributed by atoms with van der Waals surface area (Å²) in [6, 6.07) is 9.76. The highest BCUT2D eigenvalue weighted by Gasteiger charge is 2.72. The van der Waals surface area contributed by atoms with Crippen molar-refractivity contribution in [1.82, 2.24) is 19.5 Å². The molecule has 2 aliphatic rings. The molecule has 1 amide bonds. The largest absolute Gasteiger partial charge is 0.354 e. The number of fused-ring (bicyclic) bond motifs is 5. The van der Waals surface area contributed by atoms with E-state index in [9.17, 15) is 14.4 Å². The van der Waals surface area contributed by atoms with Crippen molar-refractivity contribution in [3.8, 4) is 0 Å². The van der Waals surface area contributed by atoms with E-state index in [-0.39, 0.29) is 29.3 Å². The number of benzene rings is 1. The molecule has 7 nitrogen and oxygen atoms in total. The molecule has 2 saturated carbocycles. The zero-order valence-corrected chi connectivity index (χ0v) is 18.5. The number of rotatable bonds is 4. The molecule has 1 aromatic carbocycles. The maximum absolute atomic E-state index is 13.2. The first-order chi connectivity index (χ1) is 14.6. The molecule has 2 heterocycles. The standard InChI is InChI=1S/C24H28N4O3/c1-15-13-16-7-5-6-8-17(16)28-19(15)26-27(21(28)31)12-11-25-20(30)24-10-9-23(4,18(29)14-24)22(24,2)3/h5-8,13H,9-12,14H2,1-4H3,(H,25,30)/t23-,24+/m1/s1. The van der Waals surface area contributed by atoms with Crippen LogP contribution in [0.25, 0.3) is 16.6 Å². The average molecular weight is 421 g/mol. The van der Waals surface area contributed by atoms with Crippen molar-refractivity contribution >= 4 is 28.2 Å². The molecule has 162 valence electrons. The van der Waals surface area contributed by atoms with Crippen molar-refractivity contribution in [1.29, 1.82) is 0 Å². The number of nitrogens with zero attached hydrogens (tertiary/aromatic N) is 3. The summed E-state index contributed by atoms with van der Waals surface area (Å²) in [5.41, 5.74) is 0.691. The molecule has 0 aliphatic heterocycles. The Labute approximate surface area is 180 Å². The van der Waals surface area contributed by atoms with Gasteiger partial charge in [-0.1, -0.05) is 39.0 Å². The van der Waals surface area contributed by atoms with Gasteiger partial charge in [-0.3, -0.25) is 9.59 Å². The molecule has 2 atom stereocenters. The minimum absolute atomic E-state index is 0.0782. The topological polar surface area (TPSA) is 85.5 Å². The van der Waals surface area contributed by atoms with E-state index in [1.807, 2.05) is 58.0 Å². The number of pyridine rings is 1. The molecule has 0 saturated heterocycles. The highest BCUT2D eigenvalue weighted by Crippen LogP contribution is 2.70. The Morgan fingerprint density at radius 2 is 1.90 bits per heavy atom. The molecular formula is C24H28N4O3. The minimum atomic E-state index is -0.657. The van der Waals surface area contributed by atoms with Crippen molar-refractivity contribution in [2.45, 2.75) is 53.5 Å². The van der Waals surface area contributed by atoms with Gasteiger partial charge in [0.05, 0.1) is 17.5 Å². The number of ketones is 1. The zero-order chi connectivity index (χ0) is 22.2. The van der Waals surface area contributed by atoms with E-state index < -0.39 is 10.8 Å². The first-order valence-electron chi connectivity index (χ1n) is 10.9. The van der Waals surface area contributed by atoms with Gasteiger partial charge < -0.3 is 5.32 Å². The van der Waals surface area contributed by atoms with E-state index in [1.165, 1.54) is 4.68 Å². The lowest BCUT2D eigenvalue weighted by Crippen LogP contribution is -2.47. The number of carbonyl (C=O) groups excluding carboxylic acids is 2. The summed E-state index contributed by atoms with van der Waals surface area (Å²) in [5, 5.41) is 8.51. The lowest BCUT2D eigenvalue weighted by molar-refractivity contribution is -0.136. The van der Waals surface area contributed by atoms with Crippen molar-refractivity contribution in [2.75, 3.05) is 6.54 Å². The fraction of sp³-hybridized carbons (Fsp3) is 0.500. The van der Waals surface area contributed by atoms with Crippen LogP contribution in [-0.4, -0.2) is 32.4 Å². The minimum Gasteiger partial charge on any atom is -0.354 e. The van der Waals surface area contributed by atoms with Crippen LogP contribution in [0.3, 0.4) is 0 Å². The normalized spacial score (nSPS) is 26.8. The van der Waals surface area contributed by atoms with Crippen LogP contribution in [0, 0.1) is 23.2 Å². The van der Waals surface area contributed by atoms with Gasteiger partial charge in [-0.2, -0.15) is 0 Å². The van der Waals surface area contributed by atoms with E-state index in [0.717, 1.165) is 29.3 Å². The van der Waals surface area contributed by atoms with Crippen molar-refractivity contribution in [3.63, 3.8) is 0 Å². The third-order valence-electron chi connectivity index (χ3n) is 8.49. The number of aromatic nitrogens is 3. The first-order valence-corrected chi connectivity index (χ1v) is 10.9. The van der Waals surface area contributed by atoms with Crippen LogP contribution in [0.4, 0.5) is 0 Å². The fourth-order valence-corrected chi connectivity index (χ4v) is 5.94. The Bertz CT molecular complexity index is 1320. The average Bonchev–Trinajstić information content (AvgIpc) is 3.22. The van der Waals surface area contributed by atoms with Gasteiger partial charge in [-0.05, 0) is 48.3 Å². The van der Waals surface area contributed by atoms with E-state index >= 15 is 0 Å². The van der Waals surface area contributed by atoms with Crippen molar-refractivity contribution < 1.29 is 9.59 Å². The highest BCUT2D eigenvalue weighted by atomic mass is 16.2. The van der Waals surface area contributed by atoms with Crippen LogP contribution >= 0.6 is 0 Å². The van der Waals surface area contributed by atoms with Crippen LogP contribution in [0.1, 0.15) is 45.6 Å². The second kappa shape index (κ2) is 6.28. The molecule has 2 aliphatic carbocycles. The molecule has 0 spiro atoms. The molecule has 2 aromatic heterocycles. The summed E-state index contributed by atoms with van der Waals surface area (Å²) in [6.07, 6.45) is 1.79. The van der Waals surface area contributed by atoms with Gasteiger partial charge in [0.15, 0.2) is 5.65 Å². The molecule has 0 unspecified atom stereocenters. The van der Waals surface area contributed by atoms with Gasteiger partial charge >= 0.3 is 5.69 Å². The lowest BCUT2D eigenvalue weighted by atomic mass is 9.64. The number of hydrogen-bond acceptors (Lipinski definition) is 4. The Morgan fingerprint density at radius 3 is 2.58 bits per heavy atom. The maximum atomic E-state index is 13.2. The Kier molecular flexibility index (Phi) is 4.04. The van der Waals surface area contributed by atoms with Crippen LogP contribution in [-0.2, 0) is 16.1 Å². The number of aryl methyl sites for hydroxylation is 1. The summed E-state index contributed by atoms with van der Waals surface area (Å²) in [7, 11) is 0. The van der Waals surface area contributed by atoms with E-state index in [2.05, 4.69) is 10.4 Å². The number of nitrogens with one attached hydrogen (secondary N) is 1. The van der Waals surface area contributed by atoms with E-state index in [0.29, 0.717) is 18.6 Å². The molecule has 7 heteroatoms. The number of para-hydroxylation sites is 1. The van der Waals surface area contributed by atoms with E-state index in [1.54, 1.807) is 4.40 Å². The summed E-state index contributed by atoms with van der Waals surface area (Å²) in [6.45, 7) is 8.61. The van der Waals surface area contributed by atoms with Gasteiger partial charge in [-0.25, -0.2) is 13.9 Å². The Morgan fingerprint density at radius 1 is 1.16 bits per heavy atom. The zero-order valence-electron chi connectivity index (χ0n) is 18.5. The molecule has 2 bridgehead atoms. The molecule has 31 heavy (non-hydrogen) atoms. The van der Waals surface area contributed by atoms with Crippen molar-refractivity contribution in [3.05, 3.63) is 46.4 Å². The summed E-state index contributed by atoms with van der Waals surface area (Å²) >= 11 is 0. The van der Waals surface area contributed by atoms with Gasteiger partial charge in [0.1, 0.15) is 5.78 Å². The SMILES string of the molecule is Cc1cc2ccccc2n2c(=O)n(CCNC(=O)[C@]34CC[C@](C)(C(=O)C3)C4(C)C)nc12. The third kappa shape index (κ3) is 2.40. The van der Waals surface area contributed by atoms with Crippen LogP contribution in [0.5, 0.6) is 0 Å². The van der Waals surface area contributed by atoms with Gasteiger partial charge in [0.25, 0.3) is 0 Å². The lowest BCUT2D eigenvalue weighted by Gasteiger charge is -2.38. The molecule has 3 aromatic rings. The fourth-order valence-electron chi connectivity index (χ4n) is 5.94. The predicted molar refractivity (Wildman–Crippen MR) is 118 cm³/mol. The van der Waals surface area contributed by atoms with Gasteiger partial charge in [0.2, 0.25) is 5.91 Å². The quantitative estimate of drug-likeness (QED) is 0.703. The molecule has 5 rings (SSSR count). The third-order valence-corrected chi connectivity index (χ3v) is 8.49. The number of Topliss-reactive ketones (excluding diaryl/α,β-unsaturated/α-hetero) is 1. The predicted octanol–water partition coefficient (Wildman–Crippen LogP) is 2.86. The van der Waals surface area contributed by atoms with Gasteiger partial charge in [0, 0.05) is 18.4 Å². The van der Waals surface area contributed by atoms with Crippen LogP contribution < -0.4 is 11.0 Å². The number of carbonyl (C=O) groups is 2. The smallest absolute Gasteiger partial charge is 0.350 e. The number of hydrogen-bond donors (Lipinski definition) is 1. The van der Waals surface area contributed by atoms with Crippen LogP contribution in [0.2, 0.25) is 0 Å². The summed E-state index contributed by atoms with van der Waals surface area (Å²) in [5.74, 6) is 0.114. The Balaban J connectivity index is 1.39. The Hall–Kier alpha value is -2.96. The summed E-state index contributed by atoms with van der Waals surface area (Å²) in [4.78, 5) is 38.9. The molecule has 0 radical (unpaired) electrons. The van der Waals surface area contributed by atoms with E-state index in [4.69, 9.17) is 0 Å². The summed E-state index contributed by atoms with van der Waals surface area (Å²) < 4.78 is 3.04. The highest BCUT2D eigenvalue weighted by molar-refractivity contribution is 5.99. The second-order valence-electron chi connectivity index (χ2n) is 9.95.